The molecule has 0 saturated heterocycles. The molecule has 1 aliphatic carbocycles. The summed E-state index contributed by atoms with van der Waals surface area (Å²) in [6, 6.07) is 3.68. The van der Waals surface area contributed by atoms with Crippen LogP contribution in [0.15, 0.2) is 32.8 Å². The lowest BCUT2D eigenvalue weighted by molar-refractivity contribution is 0.322. The second kappa shape index (κ2) is 6.74. The van der Waals surface area contributed by atoms with Crippen molar-refractivity contribution in [1.82, 2.24) is 9.55 Å². The molecule has 0 aromatic carbocycles. The van der Waals surface area contributed by atoms with Crippen LogP contribution in [0, 0.1) is 0 Å². The van der Waals surface area contributed by atoms with Crippen LogP contribution in [0.5, 0.6) is 0 Å². The Hall–Kier alpha value is -1.57. The van der Waals surface area contributed by atoms with E-state index >= 15 is 0 Å². The van der Waals surface area contributed by atoms with Gasteiger partial charge in [0.15, 0.2) is 5.16 Å². The molecular weight excluding hydrogens is 344 g/mol. The molecule has 1 N–H and O–H groups in total. The van der Waals surface area contributed by atoms with E-state index in [9.17, 15) is 4.79 Å². The number of aliphatic hydroxyl groups is 1. The molecule has 0 fully saturated rings. The van der Waals surface area contributed by atoms with Gasteiger partial charge in [-0.25, -0.2) is 4.98 Å². The smallest absolute Gasteiger partial charge is 0.263 e. The monoisotopic (exact) mass is 362 g/mol. The van der Waals surface area contributed by atoms with Gasteiger partial charge in [0.1, 0.15) is 10.6 Å². The minimum atomic E-state index is 0.0104. The number of thioether (sulfide) groups is 1. The molecule has 0 spiro atoms. The molecule has 3 aromatic rings. The van der Waals surface area contributed by atoms with Gasteiger partial charge < -0.3 is 9.52 Å². The predicted octanol–water partition coefficient (Wildman–Crippen LogP) is 3.06. The van der Waals surface area contributed by atoms with Crippen molar-refractivity contribution in [3.05, 3.63) is 45.0 Å². The molecule has 7 heteroatoms. The molecule has 5 nitrogen and oxygen atoms in total. The number of aliphatic hydroxyl groups excluding tert-OH is 1. The maximum atomic E-state index is 13.2. The number of aryl methyl sites for hydroxylation is 2. The standard InChI is InChI=1S/C17H18N2O3S2/c20-7-9-23-17-18-15-14(12-5-1-2-6-13(12)24-15)16(21)19(17)10-11-4-3-8-22-11/h3-4,8,20H,1-2,5-7,9-10H2. The number of thiophene rings is 1. The lowest BCUT2D eigenvalue weighted by Gasteiger charge is -2.12. The van der Waals surface area contributed by atoms with E-state index < -0.39 is 0 Å². The highest BCUT2D eigenvalue weighted by Crippen LogP contribution is 2.34. The summed E-state index contributed by atoms with van der Waals surface area (Å²) in [5.41, 5.74) is 1.21. The van der Waals surface area contributed by atoms with Crippen molar-refractivity contribution >= 4 is 33.3 Å². The largest absolute Gasteiger partial charge is 0.467 e. The maximum absolute atomic E-state index is 13.2. The third-order valence-electron chi connectivity index (χ3n) is 4.26. The van der Waals surface area contributed by atoms with Crippen molar-refractivity contribution in [2.24, 2.45) is 0 Å². The van der Waals surface area contributed by atoms with Gasteiger partial charge in [-0.2, -0.15) is 0 Å². The van der Waals surface area contributed by atoms with Crippen LogP contribution in [0.4, 0.5) is 0 Å². The number of nitrogens with zero attached hydrogens (tertiary/aromatic N) is 2. The highest BCUT2D eigenvalue weighted by Gasteiger charge is 2.22. The van der Waals surface area contributed by atoms with Crippen molar-refractivity contribution in [2.75, 3.05) is 12.4 Å². The van der Waals surface area contributed by atoms with E-state index in [0.717, 1.165) is 35.2 Å². The molecule has 24 heavy (non-hydrogen) atoms. The topological polar surface area (TPSA) is 68.3 Å². The molecule has 3 aromatic heterocycles. The summed E-state index contributed by atoms with van der Waals surface area (Å²) < 4.78 is 7.10. The number of rotatable bonds is 5. The summed E-state index contributed by atoms with van der Waals surface area (Å²) in [5, 5.41) is 10.6. The van der Waals surface area contributed by atoms with E-state index in [1.807, 2.05) is 12.1 Å². The zero-order chi connectivity index (χ0) is 16.5. The van der Waals surface area contributed by atoms with Gasteiger partial charge >= 0.3 is 0 Å². The zero-order valence-electron chi connectivity index (χ0n) is 13.2. The second-order valence-electron chi connectivity index (χ2n) is 5.83. The average Bonchev–Trinajstić information content (AvgIpc) is 3.22. The van der Waals surface area contributed by atoms with E-state index in [-0.39, 0.29) is 12.2 Å². The van der Waals surface area contributed by atoms with Crippen LogP contribution < -0.4 is 5.56 Å². The molecule has 0 radical (unpaired) electrons. The summed E-state index contributed by atoms with van der Waals surface area (Å²) in [6.45, 7) is 0.424. The van der Waals surface area contributed by atoms with Crippen LogP contribution in [-0.4, -0.2) is 27.0 Å². The van der Waals surface area contributed by atoms with E-state index in [0.29, 0.717) is 17.5 Å². The van der Waals surface area contributed by atoms with Crippen molar-refractivity contribution in [3.8, 4) is 0 Å². The molecule has 3 heterocycles. The fourth-order valence-corrected chi connectivity index (χ4v) is 5.21. The molecule has 0 saturated carbocycles. The summed E-state index contributed by atoms with van der Waals surface area (Å²) in [5.74, 6) is 1.24. The van der Waals surface area contributed by atoms with Crippen LogP contribution in [0.3, 0.4) is 0 Å². The summed E-state index contributed by atoms with van der Waals surface area (Å²) in [6.07, 6.45) is 5.95. The Morgan fingerprint density at radius 1 is 1.38 bits per heavy atom. The summed E-state index contributed by atoms with van der Waals surface area (Å²) >= 11 is 3.07. The van der Waals surface area contributed by atoms with Crippen LogP contribution >= 0.6 is 23.1 Å². The molecule has 0 aliphatic heterocycles. The maximum Gasteiger partial charge on any atom is 0.263 e. The predicted molar refractivity (Wildman–Crippen MR) is 96.1 cm³/mol. The highest BCUT2D eigenvalue weighted by molar-refractivity contribution is 7.99. The Kier molecular flexibility index (Phi) is 4.47. The third kappa shape index (κ3) is 2.81. The van der Waals surface area contributed by atoms with Crippen molar-refractivity contribution in [2.45, 2.75) is 37.4 Å². The molecular formula is C17H18N2O3S2. The van der Waals surface area contributed by atoms with Crippen molar-refractivity contribution < 1.29 is 9.52 Å². The summed E-state index contributed by atoms with van der Waals surface area (Å²) in [7, 11) is 0. The fraction of sp³-hybridized carbons (Fsp3) is 0.412. The minimum absolute atomic E-state index is 0.0104. The lowest BCUT2D eigenvalue weighted by atomic mass is 9.97. The zero-order valence-corrected chi connectivity index (χ0v) is 14.8. The van der Waals surface area contributed by atoms with Crippen molar-refractivity contribution in [1.29, 1.82) is 0 Å². The number of furan rings is 1. The highest BCUT2D eigenvalue weighted by atomic mass is 32.2. The second-order valence-corrected chi connectivity index (χ2v) is 7.97. The number of fused-ring (bicyclic) bond motifs is 3. The first-order valence-corrected chi connectivity index (χ1v) is 9.89. The molecule has 1 aliphatic rings. The van der Waals surface area contributed by atoms with E-state index in [4.69, 9.17) is 14.5 Å². The number of hydrogen-bond donors (Lipinski definition) is 1. The first kappa shape index (κ1) is 15.9. The quantitative estimate of drug-likeness (QED) is 0.558. The van der Waals surface area contributed by atoms with Gasteiger partial charge in [-0.3, -0.25) is 9.36 Å². The average molecular weight is 362 g/mol. The molecule has 0 unspecified atom stereocenters. The first-order valence-electron chi connectivity index (χ1n) is 8.09. The van der Waals surface area contributed by atoms with Gasteiger partial charge in [0.2, 0.25) is 0 Å². The van der Waals surface area contributed by atoms with Gasteiger partial charge in [-0.1, -0.05) is 11.8 Å². The molecule has 0 bridgehead atoms. The van der Waals surface area contributed by atoms with E-state index in [1.165, 1.54) is 28.6 Å². The van der Waals surface area contributed by atoms with Gasteiger partial charge in [0, 0.05) is 10.6 Å². The Balaban J connectivity index is 1.89. The van der Waals surface area contributed by atoms with Gasteiger partial charge in [0.05, 0.1) is 24.8 Å². The minimum Gasteiger partial charge on any atom is -0.467 e. The molecule has 4 rings (SSSR count). The molecule has 0 amide bonds. The van der Waals surface area contributed by atoms with Crippen LogP contribution in [0.25, 0.3) is 10.2 Å². The van der Waals surface area contributed by atoms with Gasteiger partial charge in [0.25, 0.3) is 5.56 Å². The molecule has 0 atom stereocenters. The van der Waals surface area contributed by atoms with Crippen LogP contribution in [0.1, 0.15) is 29.0 Å². The fourth-order valence-electron chi connectivity index (χ4n) is 3.16. The van der Waals surface area contributed by atoms with E-state index in [2.05, 4.69) is 0 Å². The van der Waals surface area contributed by atoms with Gasteiger partial charge in [-0.15, -0.1) is 11.3 Å². The Morgan fingerprint density at radius 2 is 2.25 bits per heavy atom. The molecule has 126 valence electrons. The number of aromatic nitrogens is 2. The van der Waals surface area contributed by atoms with Gasteiger partial charge in [-0.05, 0) is 43.4 Å². The Bertz CT molecular complexity index is 912. The first-order chi connectivity index (χ1) is 11.8. The Morgan fingerprint density at radius 3 is 3.04 bits per heavy atom. The Labute approximate surface area is 147 Å². The normalized spacial score (nSPS) is 14.2. The van der Waals surface area contributed by atoms with Crippen molar-refractivity contribution in [3.63, 3.8) is 0 Å². The van der Waals surface area contributed by atoms with Crippen LogP contribution in [0.2, 0.25) is 0 Å². The third-order valence-corrected chi connectivity index (χ3v) is 6.40. The summed E-state index contributed by atoms with van der Waals surface area (Å²) in [4.78, 5) is 20.1. The van der Waals surface area contributed by atoms with Crippen LogP contribution in [-0.2, 0) is 19.4 Å². The SMILES string of the molecule is O=c1c2c3c(sc2nc(SCCO)n1Cc1ccco1)CCCC3. The van der Waals surface area contributed by atoms with E-state index in [1.54, 1.807) is 22.2 Å². The number of hydrogen-bond acceptors (Lipinski definition) is 6. The lowest BCUT2D eigenvalue weighted by Crippen LogP contribution is -2.24.